The van der Waals surface area contributed by atoms with Crippen molar-refractivity contribution in [1.29, 1.82) is 0 Å². The molecule has 2 atom stereocenters. The van der Waals surface area contributed by atoms with E-state index in [-0.39, 0.29) is 17.1 Å². The van der Waals surface area contributed by atoms with E-state index >= 15 is 0 Å². The van der Waals surface area contributed by atoms with Gasteiger partial charge >= 0.3 is 0 Å². The third-order valence-corrected chi connectivity index (χ3v) is 4.40. The van der Waals surface area contributed by atoms with Gasteiger partial charge in [0.2, 0.25) is 0 Å². The van der Waals surface area contributed by atoms with Crippen molar-refractivity contribution in [2.75, 3.05) is 0 Å². The summed E-state index contributed by atoms with van der Waals surface area (Å²) in [4.78, 5) is 24.5. The van der Waals surface area contributed by atoms with Crippen molar-refractivity contribution in [2.24, 2.45) is 5.92 Å². The van der Waals surface area contributed by atoms with Crippen LogP contribution in [0.2, 0.25) is 0 Å². The first-order chi connectivity index (χ1) is 12.9. The zero-order valence-corrected chi connectivity index (χ0v) is 15.6. The fourth-order valence-electron chi connectivity index (χ4n) is 2.58. The van der Waals surface area contributed by atoms with Crippen LogP contribution in [-0.2, 0) is 16.0 Å². The summed E-state index contributed by atoms with van der Waals surface area (Å²) in [6.07, 6.45) is 11.8. The van der Waals surface area contributed by atoms with E-state index in [4.69, 9.17) is 0 Å². The van der Waals surface area contributed by atoms with Crippen LogP contribution in [-0.4, -0.2) is 27.9 Å². The first-order valence-corrected chi connectivity index (χ1v) is 9.00. The van der Waals surface area contributed by atoms with Gasteiger partial charge in [0.25, 0.3) is 5.91 Å². The summed E-state index contributed by atoms with van der Waals surface area (Å²) in [7, 11) is 0. The Morgan fingerprint density at radius 3 is 2.48 bits per heavy atom. The normalized spacial score (nSPS) is 20.7. The first-order valence-electron chi connectivity index (χ1n) is 9.00. The quantitative estimate of drug-likeness (QED) is 0.298. The zero-order valence-electron chi connectivity index (χ0n) is 15.6. The Morgan fingerprint density at radius 2 is 1.81 bits per heavy atom. The number of carbonyl (C=O) groups is 2. The van der Waals surface area contributed by atoms with Gasteiger partial charge in [-0.15, -0.1) is 0 Å². The summed E-state index contributed by atoms with van der Waals surface area (Å²) in [5.41, 5.74) is 0.581. The number of aromatic hydroxyl groups is 1. The van der Waals surface area contributed by atoms with Gasteiger partial charge in [-0.2, -0.15) is 0 Å². The molecule has 0 radical (unpaired) electrons. The Balaban J connectivity index is 2.03. The second kappa shape index (κ2) is 9.57. The van der Waals surface area contributed by atoms with E-state index in [0.29, 0.717) is 12.3 Å². The SMILES string of the molecule is CCC(C)/C=C/C=C/C=C/C(O)=C1\C(=O)NC(Cc2ccc(O)cc2)C1=O. The molecular formula is C22H25NO4. The van der Waals surface area contributed by atoms with Crippen LogP contribution in [0.1, 0.15) is 25.8 Å². The molecular weight excluding hydrogens is 342 g/mol. The second-order valence-electron chi connectivity index (χ2n) is 6.54. The van der Waals surface area contributed by atoms with E-state index in [0.717, 1.165) is 12.0 Å². The number of rotatable bonds is 7. The van der Waals surface area contributed by atoms with Crippen molar-refractivity contribution in [3.63, 3.8) is 0 Å². The number of carbonyl (C=O) groups excluding carboxylic acids is 2. The van der Waals surface area contributed by atoms with Crippen molar-refractivity contribution in [2.45, 2.75) is 32.7 Å². The molecule has 5 nitrogen and oxygen atoms in total. The molecule has 1 aromatic carbocycles. The smallest absolute Gasteiger partial charge is 0.259 e. The number of aliphatic hydroxyl groups excluding tert-OH is 1. The van der Waals surface area contributed by atoms with Crippen LogP contribution in [0.5, 0.6) is 5.75 Å². The molecule has 1 aliphatic heterocycles. The molecule has 0 bridgehead atoms. The molecule has 142 valence electrons. The molecule has 1 amide bonds. The molecule has 0 spiro atoms. The van der Waals surface area contributed by atoms with Crippen molar-refractivity contribution in [3.8, 4) is 5.75 Å². The lowest BCUT2D eigenvalue weighted by molar-refractivity contribution is -0.117. The number of hydrogen-bond donors (Lipinski definition) is 3. The first kappa shape index (κ1) is 20.2. The van der Waals surface area contributed by atoms with Crippen molar-refractivity contribution >= 4 is 11.7 Å². The molecule has 3 N–H and O–H groups in total. The summed E-state index contributed by atoms with van der Waals surface area (Å²) in [6, 6.07) is 5.70. The van der Waals surface area contributed by atoms with Crippen LogP contribution in [0.3, 0.4) is 0 Å². The lowest BCUT2D eigenvalue weighted by Crippen LogP contribution is -2.31. The molecule has 0 aliphatic carbocycles. The Bertz CT molecular complexity index is 800. The standard InChI is InChI=1S/C22H25NO4/c1-3-15(2)8-6-4-5-7-9-19(25)20-21(26)18(23-22(20)27)14-16-10-12-17(24)13-11-16/h4-13,15,18,24-25H,3,14H2,1-2H3,(H,23,27)/b5-4+,8-6+,9-7+,20-19+. The van der Waals surface area contributed by atoms with Crippen LogP contribution in [0.15, 0.2) is 72.1 Å². The Kier molecular flexibility index (Phi) is 7.17. The minimum Gasteiger partial charge on any atom is -0.508 e. The molecule has 27 heavy (non-hydrogen) atoms. The molecule has 2 unspecified atom stereocenters. The summed E-state index contributed by atoms with van der Waals surface area (Å²) in [5.74, 6) is -0.723. The van der Waals surface area contributed by atoms with E-state index in [9.17, 15) is 19.8 Å². The van der Waals surface area contributed by atoms with E-state index in [2.05, 4.69) is 25.2 Å². The number of phenols is 1. The molecule has 0 saturated carbocycles. The number of allylic oxidation sites excluding steroid dienone is 6. The Labute approximate surface area is 159 Å². The lowest BCUT2D eigenvalue weighted by atomic mass is 10.0. The van der Waals surface area contributed by atoms with Crippen LogP contribution in [0.25, 0.3) is 0 Å². The highest BCUT2D eigenvalue weighted by Crippen LogP contribution is 2.19. The van der Waals surface area contributed by atoms with Gasteiger partial charge in [-0.1, -0.05) is 62.8 Å². The maximum absolute atomic E-state index is 12.5. The van der Waals surface area contributed by atoms with Crippen molar-refractivity contribution < 1.29 is 19.8 Å². The van der Waals surface area contributed by atoms with Gasteiger partial charge in [-0.3, -0.25) is 9.59 Å². The summed E-state index contributed by atoms with van der Waals surface area (Å²) in [6.45, 7) is 4.23. The number of ketones is 1. The third-order valence-electron chi connectivity index (χ3n) is 4.40. The zero-order chi connectivity index (χ0) is 19.8. The number of hydrogen-bond acceptors (Lipinski definition) is 4. The van der Waals surface area contributed by atoms with Gasteiger partial charge in [-0.05, 0) is 29.7 Å². The van der Waals surface area contributed by atoms with E-state index in [1.165, 1.54) is 18.2 Å². The number of nitrogens with one attached hydrogen (secondary N) is 1. The minimum absolute atomic E-state index is 0.135. The fraction of sp³-hybridized carbons (Fsp3) is 0.273. The predicted molar refractivity (Wildman–Crippen MR) is 105 cm³/mol. The predicted octanol–water partition coefficient (Wildman–Crippen LogP) is 3.53. The highest BCUT2D eigenvalue weighted by Gasteiger charge is 2.37. The average Bonchev–Trinajstić information content (AvgIpc) is 2.92. The van der Waals surface area contributed by atoms with Gasteiger partial charge in [0.1, 0.15) is 17.1 Å². The molecule has 2 rings (SSSR count). The fourth-order valence-corrected chi connectivity index (χ4v) is 2.58. The van der Waals surface area contributed by atoms with Gasteiger partial charge < -0.3 is 15.5 Å². The van der Waals surface area contributed by atoms with Crippen LogP contribution in [0.4, 0.5) is 0 Å². The van der Waals surface area contributed by atoms with E-state index in [1.54, 1.807) is 24.3 Å². The molecule has 5 heteroatoms. The molecule has 1 saturated heterocycles. The Hall–Kier alpha value is -3.08. The minimum atomic E-state index is -0.721. The maximum Gasteiger partial charge on any atom is 0.259 e. The number of aliphatic hydroxyl groups is 1. The number of amides is 1. The number of phenolic OH excluding ortho intramolecular Hbond substituents is 1. The number of benzene rings is 1. The molecule has 0 aromatic heterocycles. The van der Waals surface area contributed by atoms with Gasteiger partial charge in [-0.25, -0.2) is 0 Å². The van der Waals surface area contributed by atoms with Crippen LogP contribution < -0.4 is 5.32 Å². The third kappa shape index (κ3) is 5.71. The lowest BCUT2D eigenvalue weighted by Gasteiger charge is -2.07. The van der Waals surface area contributed by atoms with Crippen molar-refractivity contribution in [1.82, 2.24) is 5.32 Å². The highest BCUT2D eigenvalue weighted by molar-refractivity contribution is 6.27. The summed E-state index contributed by atoms with van der Waals surface area (Å²) >= 11 is 0. The van der Waals surface area contributed by atoms with Crippen LogP contribution in [0, 0.1) is 5.92 Å². The Morgan fingerprint density at radius 1 is 1.15 bits per heavy atom. The second-order valence-corrected chi connectivity index (χ2v) is 6.54. The highest BCUT2D eigenvalue weighted by atomic mass is 16.3. The number of Topliss-reactive ketones (excluding diaryl/α,β-unsaturated/α-hetero) is 1. The topological polar surface area (TPSA) is 86.6 Å². The van der Waals surface area contributed by atoms with Gasteiger partial charge in [0, 0.05) is 6.42 Å². The summed E-state index contributed by atoms with van der Waals surface area (Å²) < 4.78 is 0. The maximum atomic E-state index is 12.5. The molecule has 1 aromatic rings. The van der Waals surface area contributed by atoms with Crippen LogP contribution >= 0.6 is 0 Å². The molecule has 1 aliphatic rings. The molecule has 1 heterocycles. The average molecular weight is 367 g/mol. The van der Waals surface area contributed by atoms with Gasteiger partial charge in [0.15, 0.2) is 5.78 Å². The monoisotopic (exact) mass is 367 g/mol. The largest absolute Gasteiger partial charge is 0.508 e. The van der Waals surface area contributed by atoms with E-state index in [1.807, 2.05) is 12.2 Å². The van der Waals surface area contributed by atoms with E-state index < -0.39 is 17.7 Å². The van der Waals surface area contributed by atoms with Crippen molar-refractivity contribution in [3.05, 3.63) is 77.6 Å². The summed E-state index contributed by atoms with van der Waals surface area (Å²) in [5, 5.41) is 22.0. The molecule has 1 fully saturated rings. The van der Waals surface area contributed by atoms with Gasteiger partial charge in [0.05, 0.1) is 6.04 Å².